The van der Waals surface area contributed by atoms with Crippen LogP contribution in [0, 0.1) is 25.6 Å². The van der Waals surface area contributed by atoms with E-state index in [9.17, 15) is 17.6 Å². The third-order valence-corrected chi connectivity index (χ3v) is 7.84. The van der Waals surface area contributed by atoms with Gasteiger partial charge in [0.2, 0.25) is 5.91 Å². The Balaban J connectivity index is 1.72. The summed E-state index contributed by atoms with van der Waals surface area (Å²) in [5, 5.41) is 2.80. The lowest BCUT2D eigenvalue weighted by atomic mass is 9.98. The van der Waals surface area contributed by atoms with Crippen LogP contribution >= 0.6 is 11.3 Å². The second-order valence-corrected chi connectivity index (χ2v) is 9.97. The van der Waals surface area contributed by atoms with Crippen molar-refractivity contribution in [3.05, 3.63) is 46.6 Å². The van der Waals surface area contributed by atoms with E-state index in [4.69, 9.17) is 0 Å². The van der Waals surface area contributed by atoms with Crippen LogP contribution in [0.5, 0.6) is 0 Å². The summed E-state index contributed by atoms with van der Waals surface area (Å²) < 4.78 is 40.5. The number of rotatable bonds is 4. The molecule has 2 heterocycles. The summed E-state index contributed by atoms with van der Waals surface area (Å²) in [6.07, 6.45) is 1.26. The summed E-state index contributed by atoms with van der Waals surface area (Å²) in [4.78, 5) is 13.5. The molecular weight excluding hydrogens is 375 g/mol. The van der Waals surface area contributed by atoms with Gasteiger partial charge in [0.1, 0.15) is 10.0 Å². The predicted molar refractivity (Wildman–Crippen MR) is 100 cm³/mol. The summed E-state index contributed by atoms with van der Waals surface area (Å²) >= 11 is 1.24. The van der Waals surface area contributed by atoms with Gasteiger partial charge in [-0.1, -0.05) is 0 Å². The fourth-order valence-corrected chi connectivity index (χ4v) is 6.02. The maximum atomic E-state index is 13.2. The number of nitrogens with zero attached hydrogens (tertiary/aromatic N) is 1. The van der Waals surface area contributed by atoms with Gasteiger partial charge in [-0.05, 0) is 62.6 Å². The number of amides is 1. The standard InChI is InChI=1S/C18H21FN2O3S2/c1-12-10-15(19)6-7-16(12)20-18(22)14-4-3-9-21(11-14)26(23,24)17-8-5-13(2)25-17/h5-8,10,14H,3-4,9,11H2,1-2H3,(H,20,22). The van der Waals surface area contributed by atoms with Crippen molar-refractivity contribution in [3.8, 4) is 0 Å². The molecular formula is C18H21FN2O3S2. The SMILES string of the molecule is Cc1ccc(S(=O)(=O)N2CCCC(C(=O)Nc3ccc(F)cc3C)C2)s1. The topological polar surface area (TPSA) is 66.5 Å². The summed E-state index contributed by atoms with van der Waals surface area (Å²) in [6.45, 7) is 4.15. The first-order chi connectivity index (χ1) is 12.3. The molecule has 1 atom stereocenters. The number of sulfonamides is 1. The zero-order valence-electron chi connectivity index (χ0n) is 14.7. The van der Waals surface area contributed by atoms with E-state index >= 15 is 0 Å². The fourth-order valence-electron chi connectivity index (χ4n) is 3.05. The maximum Gasteiger partial charge on any atom is 0.252 e. The number of piperidine rings is 1. The van der Waals surface area contributed by atoms with E-state index in [2.05, 4.69) is 5.32 Å². The van der Waals surface area contributed by atoms with Crippen LogP contribution < -0.4 is 5.32 Å². The average Bonchev–Trinajstić information content (AvgIpc) is 3.05. The van der Waals surface area contributed by atoms with Crippen molar-refractivity contribution in [1.29, 1.82) is 0 Å². The van der Waals surface area contributed by atoms with Gasteiger partial charge in [-0.3, -0.25) is 4.79 Å². The number of hydrogen-bond acceptors (Lipinski definition) is 4. The molecule has 1 aromatic carbocycles. The molecule has 0 saturated carbocycles. The minimum absolute atomic E-state index is 0.158. The lowest BCUT2D eigenvalue weighted by Gasteiger charge is -2.30. The Morgan fingerprint density at radius 2 is 2.04 bits per heavy atom. The van der Waals surface area contributed by atoms with Crippen LogP contribution in [0.1, 0.15) is 23.3 Å². The van der Waals surface area contributed by atoms with Gasteiger partial charge in [0.05, 0.1) is 5.92 Å². The summed E-state index contributed by atoms with van der Waals surface area (Å²) in [7, 11) is -3.57. The van der Waals surface area contributed by atoms with Crippen molar-refractivity contribution in [2.24, 2.45) is 5.92 Å². The van der Waals surface area contributed by atoms with Crippen LogP contribution in [0.3, 0.4) is 0 Å². The zero-order chi connectivity index (χ0) is 18.9. The number of anilines is 1. The third kappa shape index (κ3) is 3.97. The monoisotopic (exact) mass is 396 g/mol. The largest absolute Gasteiger partial charge is 0.326 e. The van der Waals surface area contributed by atoms with E-state index in [1.807, 2.05) is 6.92 Å². The number of hydrogen-bond donors (Lipinski definition) is 1. The van der Waals surface area contributed by atoms with Crippen molar-refractivity contribution < 1.29 is 17.6 Å². The summed E-state index contributed by atoms with van der Waals surface area (Å²) in [5.41, 5.74) is 1.18. The Bertz CT molecular complexity index is 924. The van der Waals surface area contributed by atoms with Gasteiger partial charge in [-0.2, -0.15) is 4.31 Å². The molecule has 1 aromatic heterocycles. The van der Waals surface area contributed by atoms with Gasteiger partial charge in [-0.25, -0.2) is 12.8 Å². The molecule has 1 aliphatic heterocycles. The Hall–Kier alpha value is -1.77. The van der Waals surface area contributed by atoms with E-state index in [0.717, 1.165) is 4.88 Å². The molecule has 1 amide bonds. The third-order valence-electron chi connectivity index (χ3n) is 4.51. The van der Waals surface area contributed by atoms with E-state index < -0.39 is 15.9 Å². The number of aryl methyl sites for hydroxylation is 2. The van der Waals surface area contributed by atoms with Gasteiger partial charge >= 0.3 is 0 Å². The molecule has 1 fully saturated rings. The molecule has 26 heavy (non-hydrogen) atoms. The summed E-state index contributed by atoms with van der Waals surface area (Å²) in [6, 6.07) is 7.56. The van der Waals surface area contributed by atoms with Crippen molar-refractivity contribution in [3.63, 3.8) is 0 Å². The van der Waals surface area contributed by atoms with Crippen LogP contribution in [0.25, 0.3) is 0 Å². The Labute approximate surface area is 156 Å². The highest BCUT2D eigenvalue weighted by Crippen LogP contribution is 2.29. The quantitative estimate of drug-likeness (QED) is 0.860. The number of nitrogens with one attached hydrogen (secondary N) is 1. The molecule has 0 aliphatic carbocycles. The molecule has 3 rings (SSSR count). The van der Waals surface area contributed by atoms with Crippen LogP contribution in [-0.4, -0.2) is 31.7 Å². The van der Waals surface area contributed by atoms with Gasteiger partial charge < -0.3 is 5.32 Å². The highest BCUT2D eigenvalue weighted by molar-refractivity contribution is 7.91. The molecule has 2 aromatic rings. The molecule has 0 spiro atoms. The van der Waals surface area contributed by atoms with E-state index in [1.54, 1.807) is 19.1 Å². The van der Waals surface area contributed by atoms with Crippen molar-refractivity contribution in [2.45, 2.75) is 30.9 Å². The zero-order valence-corrected chi connectivity index (χ0v) is 16.3. The Morgan fingerprint density at radius 1 is 1.27 bits per heavy atom. The van der Waals surface area contributed by atoms with Crippen LogP contribution in [0.15, 0.2) is 34.5 Å². The van der Waals surface area contributed by atoms with Crippen molar-refractivity contribution in [2.75, 3.05) is 18.4 Å². The number of carbonyl (C=O) groups excluding carboxylic acids is 1. The number of benzene rings is 1. The molecule has 1 aliphatic rings. The lowest BCUT2D eigenvalue weighted by molar-refractivity contribution is -0.120. The van der Waals surface area contributed by atoms with Crippen LogP contribution in [-0.2, 0) is 14.8 Å². The van der Waals surface area contributed by atoms with Crippen LogP contribution in [0.2, 0.25) is 0 Å². The summed E-state index contributed by atoms with van der Waals surface area (Å²) in [5.74, 6) is -1.02. The number of thiophene rings is 1. The highest BCUT2D eigenvalue weighted by atomic mass is 32.2. The minimum Gasteiger partial charge on any atom is -0.326 e. The molecule has 0 radical (unpaired) electrons. The Morgan fingerprint density at radius 3 is 2.69 bits per heavy atom. The first kappa shape index (κ1) is 19.0. The fraction of sp³-hybridized carbons (Fsp3) is 0.389. The second-order valence-electron chi connectivity index (χ2n) is 6.52. The molecule has 140 valence electrons. The molecule has 5 nitrogen and oxygen atoms in total. The predicted octanol–water partition coefficient (Wildman–Crippen LogP) is 3.54. The molecule has 1 unspecified atom stereocenters. The molecule has 0 bridgehead atoms. The highest BCUT2D eigenvalue weighted by Gasteiger charge is 2.34. The van der Waals surface area contributed by atoms with Crippen molar-refractivity contribution in [1.82, 2.24) is 4.31 Å². The first-order valence-electron chi connectivity index (χ1n) is 8.41. The second kappa shape index (κ2) is 7.46. The lowest BCUT2D eigenvalue weighted by Crippen LogP contribution is -2.43. The average molecular weight is 397 g/mol. The number of carbonyl (C=O) groups is 1. The molecule has 1 saturated heterocycles. The van der Waals surface area contributed by atoms with Gasteiger partial charge in [0.25, 0.3) is 10.0 Å². The van der Waals surface area contributed by atoms with Gasteiger partial charge in [0.15, 0.2) is 0 Å². The normalized spacial score (nSPS) is 18.7. The molecule has 1 N–H and O–H groups in total. The maximum absolute atomic E-state index is 13.2. The number of halogens is 1. The van der Waals surface area contributed by atoms with Gasteiger partial charge in [-0.15, -0.1) is 11.3 Å². The first-order valence-corrected chi connectivity index (χ1v) is 10.7. The molecule has 8 heteroatoms. The van der Waals surface area contributed by atoms with E-state index in [-0.39, 0.29) is 18.3 Å². The van der Waals surface area contributed by atoms with E-state index in [0.29, 0.717) is 34.8 Å². The van der Waals surface area contributed by atoms with E-state index in [1.165, 1.54) is 33.8 Å². The smallest absolute Gasteiger partial charge is 0.252 e. The van der Waals surface area contributed by atoms with Crippen LogP contribution in [0.4, 0.5) is 10.1 Å². The van der Waals surface area contributed by atoms with Gasteiger partial charge in [0, 0.05) is 23.7 Å². The van der Waals surface area contributed by atoms with Crippen molar-refractivity contribution >= 4 is 33.0 Å². The minimum atomic E-state index is -3.57. The Kier molecular flexibility index (Phi) is 5.45.